The Labute approximate surface area is 127 Å². The fourth-order valence-corrected chi connectivity index (χ4v) is 3.82. The quantitative estimate of drug-likeness (QED) is 0.907. The number of rotatable bonds is 2. The Balaban J connectivity index is 1.85. The van der Waals surface area contributed by atoms with Crippen LogP contribution in [0.1, 0.15) is 44.2 Å². The summed E-state index contributed by atoms with van der Waals surface area (Å²) in [6.45, 7) is 2.23. The average molecular weight is 289 g/mol. The monoisotopic (exact) mass is 289 g/mol. The van der Waals surface area contributed by atoms with E-state index in [1.807, 2.05) is 12.3 Å². The van der Waals surface area contributed by atoms with Crippen LogP contribution in [0.4, 0.5) is 5.69 Å². The number of aliphatic hydroxyl groups is 1. The first kappa shape index (κ1) is 14.8. The van der Waals surface area contributed by atoms with E-state index in [1.54, 1.807) is 0 Å². The molecule has 1 unspecified atom stereocenters. The van der Waals surface area contributed by atoms with E-state index in [1.165, 1.54) is 37.8 Å². The number of anilines is 1. The Morgan fingerprint density at radius 3 is 2.81 bits per heavy atom. The van der Waals surface area contributed by atoms with Crippen LogP contribution in [0.15, 0.2) is 18.3 Å². The summed E-state index contributed by atoms with van der Waals surface area (Å²) in [5.41, 5.74) is 2.33. The summed E-state index contributed by atoms with van der Waals surface area (Å²) in [4.78, 5) is 9.44. The summed E-state index contributed by atoms with van der Waals surface area (Å²) < 4.78 is 0. The number of fused-ring (bicyclic) bond motifs is 1. The van der Waals surface area contributed by atoms with Gasteiger partial charge in [0.2, 0.25) is 0 Å². The van der Waals surface area contributed by atoms with Crippen LogP contribution >= 0.6 is 0 Å². The second-order valence-corrected chi connectivity index (χ2v) is 6.47. The van der Waals surface area contributed by atoms with Crippen LogP contribution in [0.3, 0.4) is 0 Å². The van der Waals surface area contributed by atoms with Gasteiger partial charge in [0.15, 0.2) is 0 Å². The molecule has 2 heterocycles. The van der Waals surface area contributed by atoms with Gasteiger partial charge in [0.05, 0.1) is 24.0 Å². The van der Waals surface area contributed by atoms with Gasteiger partial charge in [0, 0.05) is 32.4 Å². The lowest BCUT2D eigenvalue weighted by Crippen LogP contribution is -2.45. The molecule has 0 radical (unpaired) electrons. The predicted molar refractivity (Wildman–Crippen MR) is 85.4 cm³/mol. The minimum Gasteiger partial charge on any atom is -0.394 e. The number of hydrogen-bond acceptors (Lipinski definition) is 4. The van der Waals surface area contributed by atoms with Gasteiger partial charge >= 0.3 is 0 Å². The zero-order valence-electron chi connectivity index (χ0n) is 13.0. The second kappa shape index (κ2) is 6.75. The first-order valence-corrected chi connectivity index (χ1v) is 8.31. The van der Waals surface area contributed by atoms with Crippen molar-refractivity contribution < 1.29 is 5.11 Å². The highest BCUT2D eigenvalue weighted by Crippen LogP contribution is 2.29. The van der Waals surface area contributed by atoms with E-state index < -0.39 is 0 Å². The normalized spacial score (nSPS) is 25.2. The molecule has 0 amide bonds. The van der Waals surface area contributed by atoms with Gasteiger partial charge in [-0.2, -0.15) is 0 Å². The first-order valence-electron chi connectivity index (χ1n) is 8.31. The van der Waals surface area contributed by atoms with Crippen molar-refractivity contribution in [2.45, 2.75) is 57.2 Å². The molecule has 2 aliphatic rings. The molecule has 1 aliphatic carbocycles. The van der Waals surface area contributed by atoms with Gasteiger partial charge in [-0.3, -0.25) is 9.88 Å². The second-order valence-electron chi connectivity index (χ2n) is 6.47. The van der Waals surface area contributed by atoms with Crippen molar-refractivity contribution >= 4 is 5.69 Å². The Bertz CT molecular complexity index is 459. The van der Waals surface area contributed by atoms with Crippen LogP contribution in [0.5, 0.6) is 0 Å². The lowest BCUT2D eigenvalue weighted by Gasteiger charge is -2.40. The molecule has 1 saturated carbocycles. The van der Waals surface area contributed by atoms with Crippen molar-refractivity contribution in [2.75, 3.05) is 25.1 Å². The summed E-state index contributed by atoms with van der Waals surface area (Å²) >= 11 is 0. The van der Waals surface area contributed by atoms with Crippen LogP contribution < -0.4 is 4.90 Å². The van der Waals surface area contributed by atoms with Gasteiger partial charge in [-0.1, -0.05) is 19.3 Å². The smallest absolute Gasteiger partial charge is 0.0776 e. The van der Waals surface area contributed by atoms with Gasteiger partial charge in [0.1, 0.15) is 0 Å². The zero-order chi connectivity index (χ0) is 14.7. The molecule has 4 heteroatoms. The van der Waals surface area contributed by atoms with Crippen LogP contribution in [0.25, 0.3) is 0 Å². The van der Waals surface area contributed by atoms with Crippen molar-refractivity contribution in [3.63, 3.8) is 0 Å². The molecular weight excluding hydrogens is 262 g/mol. The van der Waals surface area contributed by atoms with Gasteiger partial charge in [0.25, 0.3) is 0 Å². The third-order valence-corrected chi connectivity index (χ3v) is 5.20. The van der Waals surface area contributed by atoms with Crippen LogP contribution in [-0.4, -0.2) is 47.3 Å². The van der Waals surface area contributed by atoms with Crippen molar-refractivity contribution in [2.24, 2.45) is 0 Å². The lowest BCUT2D eigenvalue weighted by molar-refractivity contribution is 0.132. The van der Waals surface area contributed by atoms with Crippen molar-refractivity contribution in [3.05, 3.63) is 24.0 Å². The topological polar surface area (TPSA) is 39.6 Å². The number of nitrogens with zero attached hydrogens (tertiary/aromatic N) is 3. The summed E-state index contributed by atoms with van der Waals surface area (Å²) in [7, 11) is 2.08. The minimum atomic E-state index is 0.194. The number of pyridine rings is 1. The summed E-state index contributed by atoms with van der Waals surface area (Å²) in [5.74, 6) is 0. The number of aliphatic hydroxyl groups excluding tert-OH is 1. The molecule has 1 N–H and O–H groups in total. The van der Waals surface area contributed by atoms with E-state index >= 15 is 0 Å². The Morgan fingerprint density at radius 2 is 2.05 bits per heavy atom. The van der Waals surface area contributed by atoms with Crippen LogP contribution in [0.2, 0.25) is 0 Å². The minimum absolute atomic E-state index is 0.194. The highest BCUT2D eigenvalue weighted by molar-refractivity contribution is 5.51. The fourth-order valence-electron chi connectivity index (χ4n) is 3.82. The largest absolute Gasteiger partial charge is 0.394 e. The molecule has 1 aliphatic heterocycles. The molecule has 1 atom stereocenters. The molecule has 0 aromatic carbocycles. The zero-order valence-corrected chi connectivity index (χ0v) is 13.0. The molecule has 0 saturated heterocycles. The van der Waals surface area contributed by atoms with E-state index in [9.17, 15) is 5.11 Å². The predicted octanol–water partition coefficient (Wildman–Crippen LogP) is 2.42. The molecule has 21 heavy (non-hydrogen) atoms. The number of likely N-dealkylation sites (N-methyl/N-ethyl adjacent to an activating group) is 1. The van der Waals surface area contributed by atoms with E-state index in [2.05, 4.69) is 27.9 Å². The molecule has 3 rings (SSSR count). The fraction of sp³-hybridized carbons (Fsp3) is 0.706. The van der Waals surface area contributed by atoms with E-state index in [-0.39, 0.29) is 12.6 Å². The van der Waals surface area contributed by atoms with Crippen molar-refractivity contribution in [3.8, 4) is 0 Å². The standard InChI is InChI=1S/C17H27N3O/c1-19-15(13-21)9-11-20(14-6-3-2-4-7-14)12-16-17(19)8-5-10-18-16/h5,8,10,14-15,21H,2-4,6-7,9,11-13H2,1H3. The maximum absolute atomic E-state index is 9.72. The Morgan fingerprint density at radius 1 is 1.24 bits per heavy atom. The molecule has 1 aromatic heterocycles. The Kier molecular flexibility index (Phi) is 4.76. The van der Waals surface area contributed by atoms with Gasteiger partial charge < -0.3 is 10.0 Å². The van der Waals surface area contributed by atoms with E-state index in [0.29, 0.717) is 6.04 Å². The third-order valence-electron chi connectivity index (χ3n) is 5.20. The summed E-state index contributed by atoms with van der Waals surface area (Å²) in [5, 5.41) is 9.72. The van der Waals surface area contributed by atoms with Gasteiger partial charge in [-0.05, 0) is 31.4 Å². The molecule has 4 nitrogen and oxygen atoms in total. The van der Waals surface area contributed by atoms with E-state index in [0.717, 1.165) is 25.2 Å². The highest BCUT2D eigenvalue weighted by Gasteiger charge is 2.27. The molecular formula is C17H27N3O. The summed E-state index contributed by atoms with van der Waals surface area (Å²) in [6.07, 6.45) is 9.67. The van der Waals surface area contributed by atoms with Crippen molar-refractivity contribution in [1.82, 2.24) is 9.88 Å². The maximum Gasteiger partial charge on any atom is 0.0776 e. The lowest BCUT2D eigenvalue weighted by atomic mass is 9.93. The van der Waals surface area contributed by atoms with Gasteiger partial charge in [-0.15, -0.1) is 0 Å². The van der Waals surface area contributed by atoms with Gasteiger partial charge in [-0.25, -0.2) is 0 Å². The molecule has 1 aromatic rings. The first-order chi connectivity index (χ1) is 10.3. The number of aromatic nitrogens is 1. The third kappa shape index (κ3) is 3.22. The maximum atomic E-state index is 9.72. The van der Waals surface area contributed by atoms with E-state index in [4.69, 9.17) is 0 Å². The Hall–Kier alpha value is -1.13. The average Bonchev–Trinajstić information content (AvgIpc) is 2.53. The van der Waals surface area contributed by atoms with Crippen LogP contribution in [-0.2, 0) is 6.54 Å². The SMILES string of the molecule is CN1c2cccnc2CN(C2CCCCC2)CCC1CO. The molecule has 116 valence electrons. The van der Waals surface area contributed by atoms with Crippen LogP contribution in [0, 0.1) is 0 Å². The van der Waals surface area contributed by atoms with Crippen molar-refractivity contribution in [1.29, 1.82) is 0 Å². The molecule has 0 spiro atoms. The highest BCUT2D eigenvalue weighted by atomic mass is 16.3. The molecule has 1 fully saturated rings. The number of hydrogen-bond donors (Lipinski definition) is 1. The summed E-state index contributed by atoms with van der Waals surface area (Å²) in [6, 6.07) is 5.03. The molecule has 0 bridgehead atoms.